The number of fused-ring (bicyclic) bond motifs is 1. The number of aromatic nitrogens is 2. The fraction of sp³-hybridized carbons (Fsp3) is 0.200. The van der Waals surface area contributed by atoms with Gasteiger partial charge >= 0.3 is 5.97 Å². The second kappa shape index (κ2) is 8.47. The number of hydrogen-bond donors (Lipinski definition) is 1. The van der Waals surface area contributed by atoms with Gasteiger partial charge in [-0.2, -0.15) is 0 Å². The number of pyridine rings is 1. The molecule has 0 saturated carbocycles. The van der Waals surface area contributed by atoms with Crippen LogP contribution in [0, 0.1) is 0 Å². The minimum atomic E-state index is -0.544. The summed E-state index contributed by atoms with van der Waals surface area (Å²) >= 11 is 1.17. The van der Waals surface area contributed by atoms with Gasteiger partial charge in [0.25, 0.3) is 5.91 Å². The Morgan fingerprint density at radius 3 is 2.70 bits per heavy atom. The van der Waals surface area contributed by atoms with Crippen molar-refractivity contribution in [3.8, 4) is 0 Å². The lowest BCUT2D eigenvalue weighted by Crippen LogP contribution is -2.18. The summed E-state index contributed by atoms with van der Waals surface area (Å²) in [4.78, 5) is 32.3. The van der Waals surface area contributed by atoms with E-state index in [0.29, 0.717) is 29.0 Å². The predicted molar refractivity (Wildman–Crippen MR) is 109 cm³/mol. The van der Waals surface area contributed by atoms with Crippen molar-refractivity contribution in [1.29, 1.82) is 0 Å². The monoisotopic (exact) mass is 426 g/mol. The first-order valence-electron chi connectivity index (χ1n) is 8.98. The Bertz CT molecular complexity index is 1170. The van der Waals surface area contributed by atoms with E-state index in [0.717, 1.165) is 11.4 Å². The number of nitrogens with one attached hydrogen (secondary N) is 1. The molecule has 0 aliphatic heterocycles. The zero-order valence-corrected chi connectivity index (χ0v) is 17.1. The van der Waals surface area contributed by atoms with Gasteiger partial charge in [-0.15, -0.1) is 11.3 Å². The molecule has 4 rings (SSSR count). The van der Waals surface area contributed by atoms with Gasteiger partial charge in [-0.05, 0) is 31.3 Å². The Hall–Kier alpha value is -3.50. The van der Waals surface area contributed by atoms with E-state index >= 15 is 0 Å². The molecule has 0 unspecified atom stereocenters. The maximum atomic E-state index is 12.5. The number of amides is 1. The van der Waals surface area contributed by atoms with Gasteiger partial charge in [-0.1, -0.05) is 5.16 Å². The Morgan fingerprint density at radius 2 is 2.00 bits per heavy atom. The van der Waals surface area contributed by atoms with Crippen molar-refractivity contribution in [3.63, 3.8) is 0 Å². The summed E-state index contributed by atoms with van der Waals surface area (Å²) in [6.07, 6.45) is 2.94. The van der Waals surface area contributed by atoms with Crippen LogP contribution in [0.25, 0.3) is 10.2 Å². The smallest absolute Gasteiger partial charge is 0.350 e. The van der Waals surface area contributed by atoms with Crippen molar-refractivity contribution in [1.82, 2.24) is 15.0 Å². The van der Waals surface area contributed by atoms with Gasteiger partial charge in [0.2, 0.25) is 0 Å². The van der Waals surface area contributed by atoms with Crippen LogP contribution in [0.15, 0.2) is 51.8 Å². The van der Waals surface area contributed by atoms with Crippen molar-refractivity contribution >= 4 is 39.1 Å². The number of anilines is 1. The van der Waals surface area contributed by atoms with Gasteiger partial charge in [-0.25, -0.2) is 9.78 Å². The average molecular weight is 426 g/mol. The van der Waals surface area contributed by atoms with E-state index in [1.54, 1.807) is 12.1 Å². The molecule has 0 aliphatic carbocycles. The van der Waals surface area contributed by atoms with Gasteiger partial charge in [-0.3, -0.25) is 9.69 Å². The van der Waals surface area contributed by atoms with E-state index in [1.165, 1.54) is 31.0 Å². The van der Waals surface area contributed by atoms with Crippen LogP contribution < -0.4 is 5.32 Å². The quantitative estimate of drug-likeness (QED) is 0.447. The summed E-state index contributed by atoms with van der Waals surface area (Å²) in [6.45, 7) is 1.18. The van der Waals surface area contributed by atoms with Gasteiger partial charge < -0.3 is 19.0 Å². The normalized spacial score (nSPS) is 11.2. The Labute approximate surface area is 175 Å². The summed E-state index contributed by atoms with van der Waals surface area (Å²) in [5.74, 6) is -0.858. The number of nitrogens with zero attached hydrogens (tertiary/aromatic N) is 3. The standard InChI is InChI=1S/C20H18N4O5S/c1-24(11-13-7-9-29-23-13)10-12-5-6-14-16(22-18(25)15-4-3-8-28-15)17(20(26)27-2)30-19(14)21-12/h3-9H,10-11H2,1-2H3,(H,22,25). The molecule has 0 atom stereocenters. The highest BCUT2D eigenvalue weighted by atomic mass is 32.1. The molecule has 1 N–H and O–H groups in total. The molecule has 0 fully saturated rings. The summed E-state index contributed by atoms with van der Waals surface area (Å²) in [6, 6.07) is 8.66. The molecule has 4 aromatic heterocycles. The highest BCUT2D eigenvalue weighted by molar-refractivity contribution is 7.21. The van der Waals surface area contributed by atoms with Gasteiger partial charge in [0.1, 0.15) is 16.0 Å². The molecular weight excluding hydrogens is 408 g/mol. The van der Waals surface area contributed by atoms with Gasteiger partial charge in [0.05, 0.1) is 30.4 Å². The third-order valence-electron chi connectivity index (χ3n) is 4.32. The minimum absolute atomic E-state index is 0.143. The number of hydrogen-bond acceptors (Lipinski definition) is 9. The fourth-order valence-electron chi connectivity index (χ4n) is 2.98. The lowest BCUT2D eigenvalue weighted by molar-refractivity contribution is 0.0607. The summed E-state index contributed by atoms with van der Waals surface area (Å²) in [5, 5.41) is 7.31. The summed E-state index contributed by atoms with van der Waals surface area (Å²) < 4.78 is 14.9. The highest BCUT2D eigenvalue weighted by Gasteiger charge is 2.23. The maximum Gasteiger partial charge on any atom is 0.350 e. The van der Waals surface area contributed by atoms with Crippen molar-refractivity contribution < 1.29 is 23.3 Å². The van der Waals surface area contributed by atoms with Gasteiger partial charge in [0, 0.05) is 24.5 Å². The molecular formula is C20H18N4O5S. The Balaban J connectivity index is 1.62. The van der Waals surface area contributed by atoms with E-state index in [4.69, 9.17) is 13.7 Å². The van der Waals surface area contributed by atoms with Crippen LogP contribution in [0.5, 0.6) is 0 Å². The van der Waals surface area contributed by atoms with Crippen molar-refractivity contribution in [2.45, 2.75) is 13.1 Å². The van der Waals surface area contributed by atoms with Crippen LogP contribution in [-0.2, 0) is 17.8 Å². The highest BCUT2D eigenvalue weighted by Crippen LogP contribution is 2.36. The largest absolute Gasteiger partial charge is 0.465 e. The van der Waals surface area contributed by atoms with E-state index in [2.05, 4.69) is 15.5 Å². The van der Waals surface area contributed by atoms with Crippen molar-refractivity contribution in [3.05, 3.63) is 64.9 Å². The van der Waals surface area contributed by atoms with Gasteiger partial charge in [0.15, 0.2) is 5.76 Å². The Morgan fingerprint density at radius 1 is 1.17 bits per heavy atom. The van der Waals surface area contributed by atoms with E-state index in [-0.39, 0.29) is 10.6 Å². The lowest BCUT2D eigenvalue weighted by Gasteiger charge is -2.14. The fourth-order valence-corrected chi connectivity index (χ4v) is 4.04. The summed E-state index contributed by atoms with van der Waals surface area (Å²) in [5.41, 5.74) is 2.00. The molecule has 4 heterocycles. The zero-order chi connectivity index (χ0) is 21.1. The SMILES string of the molecule is COC(=O)c1sc2nc(CN(C)Cc3ccon3)ccc2c1NC(=O)c1ccco1. The van der Waals surface area contributed by atoms with Crippen molar-refractivity contribution in [2.24, 2.45) is 0 Å². The predicted octanol–water partition coefficient (Wildman–Crippen LogP) is 3.55. The third kappa shape index (κ3) is 4.09. The molecule has 10 heteroatoms. The second-order valence-corrected chi connectivity index (χ2v) is 7.55. The number of carbonyl (C=O) groups excluding carboxylic acids is 2. The molecule has 0 aliphatic rings. The van der Waals surface area contributed by atoms with E-state index < -0.39 is 11.9 Å². The van der Waals surface area contributed by atoms with Crippen LogP contribution in [0.4, 0.5) is 5.69 Å². The molecule has 0 spiro atoms. The molecule has 4 aromatic rings. The van der Waals surface area contributed by atoms with E-state index in [1.807, 2.05) is 30.1 Å². The van der Waals surface area contributed by atoms with Crippen molar-refractivity contribution in [2.75, 3.05) is 19.5 Å². The third-order valence-corrected chi connectivity index (χ3v) is 5.40. The molecule has 154 valence electrons. The van der Waals surface area contributed by atoms with Crippen LogP contribution >= 0.6 is 11.3 Å². The molecule has 0 radical (unpaired) electrons. The number of furan rings is 1. The number of rotatable bonds is 7. The second-order valence-electron chi connectivity index (χ2n) is 6.55. The molecule has 0 aromatic carbocycles. The average Bonchev–Trinajstić information content (AvgIpc) is 3.49. The first-order valence-corrected chi connectivity index (χ1v) is 9.80. The van der Waals surface area contributed by atoms with Crippen LogP contribution in [0.2, 0.25) is 0 Å². The van der Waals surface area contributed by atoms with Crippen LogP contribution in [-0.4, -0.2) is 41.1 Å². The molecule has 0 bridgehead atoms. The summed E-state index contributed by atoms with van der Waals surface area (Å²) in [7, 11) is 3.24. The topological polar surface area (TPSA) is 111 Å². The Kier molecular flexibility index (Phi) is 5.59. The number of thiophene rings is 1. The maximum absolute atomic E-state index is 12.5. The number of ether oxygens (including phenoxy) is 1. The first kappa shape index (κ1) is 19.8. The number of methoxy groups -OCH3 is 1. The lowest BCUT2D eigenvalue weighted by atomic mass is 10.2. The zero-order valence-electron chi connectivity index (χ0n) is 16.2. The molecule has 1 amide bonds. The molecule has 30 heavy (non-hydrogen) atoms. The number of esters is 1. The van der Waals surface area contributed by atoms with Crippen LogP contribution in [0.1, 0.15) is 31.6 Å². The molecule has 9 nitrogen and oxygen atoms in total. The molecule has 0 saturated heterocycles. The van der Waals surface area contributed by atoms with E-state index in [9.17, 15) is 9.59 Å². The minimum Gasteiger partial charge on any atom is -0.465 e. The first-order chi connectivity index (χ1) is 14.5. The number of carbonyl (C=O) groups is 2. The van der Waals surface area contributed by atoms with Crippen LogP contribution in [0.3, 0.4) is 0 Å².